The Bertz CT molecular complexity index is 1910. The molecule has 2 atom stereocenters. The second kappa shape index (κ2) is 15.3. The van der Waals surface area contributed by atoms with E-state index in [1.165, 1.54) is 18.0 Å². The molecule has 3 N–H and O–H groups in total. The van der Waals surface area contributed by atoms with E-state index < -0.39 is 9.85 Å². The van der Waals surface area contributed by atoms with E-state index in [9.17, 15) is 20.2 Å². The molecular formula is C34H31ClN6O4. The second-order valence-corrected chi connectivity index (χ2v) is 10.4. The van der Waals surface area contributed by atoms with Gasteiger partial charge in [0.05, 0.1) is 20.9 Å². The Kier molecular flexibility index (Phi) is 11.1. The Balaban J connectivity index is 0.000000171. The SMILES string of the molecule is CC(N)c1ccccc1.CC(Nc1c([N+](=O)[O-])cnc2ccccc12)c1ccccc1.O=[N+]([O-])c1cnc2ccccc2c1Cl. The van der Waals surface area contributed by atoms with Crippen LogP contribution in [0.15, 0.2) is 122 Å². The maximum Gasteiger partial charge on any atom is 0.311 e. The molecule has 0 aliphatic rings. The average molecular weight is 623 g/mol. The summed E-state index contributed by atoms with van der Waals surface area (Å²) in [5.74, 6) is 0. The number of pyridine rings is 2. The largest absolute Gasteiger partial charge is 0.372 e. The zero-order valence-corrected chi connectivity index (χ0v) is 25.3. The van der Waals surface area contributed by atoms with Crippen LogP contribution < -0.4 is 11.1 Å². The fourth-order valence-corrected chi connectivity index (χ4v) is 4.72. The van der Waals surface area contributed by atoms with Crippen molar-refractivity contribution in [3.63, 3.8) is 0 Å². The maximum atomic E-state index is 11.3. The molecule has 6 rings (SSSR count). The molecule has 10 nitrogen and oxygen atoms in total. The number of hydrogen-bond donors (Lipinski definition) is 2. The fraction of sp³-hybridized carbons (Fsp3) is 0.118. The molecule has 2 unspecified atom stereocenters. The van der Waals surface area contributed by atoms with Crippen LogP contribution >= 0.6 is 11.6 Å². The lowest BCUT2D eigenvalue weighted by molar-refractivity contribution is -0.384. The van der Waals surface area contributed by atoms with Gasteiger partial charge in [0.15, 0.2) is 0 Å². The van der Waals surface area contributed by atoms with Crippen molar-refractivity contribution < 1.29 is 9.85 Å². The van der Waals surface area contributed by atoms with Gasteiger partial charge in [-0.15, -0.1) is 0 Å². The van der Waals surface area contributed by atoms with E-state index in [0.29, 0.717) is 16.6 Å². The van der Waals surface area contributed by atoms with Crippen molar-refractivity contribution in [2.45, 2.75) is 25.9 Å². The van der Waals surface area contributed by atoms with Crippen LogP contribution in [-0.4, -0.2) is 19.8 Å². The van der Waals surface area contributed by atoms with Gasteiger partial charge in [0.2, 0.25) is 0 Å². The van der Waals surface area contributed by atoms with Gasteiger partial charge in [0.1, 0.15) is 23.1 Å². The van der Waals surface area contributed by atoms with E-state index in [4.69, 9.17) is 17.3 Å². The number of nitro groups is 2. The van der Waals surface area contributed by atoms with E-state index in [1.54, 1.807) is 24.3 Å². The summed E-state index contributed by atoms with van der Waals surface area (Å²) < 4.78 is 0. The highest BCUT2D eigenvalue weighted by Crippen LogP contribution is 2.34. The number of anilines is 1. The lowest BCUT2D eigenvalue weighted by Gasteiger charge is -2.17. The first-order valence-electron chi connectivity index (χ1n) is 14.0. The minimum Gasteiger partial charge on any atom is -0.372 e. The topological polar surface area (TPSA) is 150 Å². The van der Waals surface area contributed by atoms with Gasteiger partial charge < -0.3 is 11.1 Å². The Morgan fingerprint density at radius 2 is 1.11 bits per heavy atom. The van der Waals surface area contributed by atoms with Gasteiger partial charge in [-0.05, 0) is 37.1 Å². The van der Waals surface area contributed by atoms with E-state index in [0.717, 1.165) is 16.5 Å². The number of rotatable bonds is 6. The molecule has 228 valence electrons. The number of hydrogen-bond acceptors (Lipinski definition) is 8. The number of benzene rings is 4. The number of fused-ring (bicyclic) bond motifs is 2. The predicted octanol–water partition coefficient (Wildman–Crippen LogP) is 8.82. The highest BCUT2D eigenvalue weighted by Gasteiger charge is 2.20. The smallest absolute Gasteiger partial charge is 0.311 e. The number of nitrogens with two attached hydrogens (primary N) is 1. The maximum absolute atomic E-state index is 11.3. The second-order valence-electron chi connectivity index (χ2n) is 10.0. The standard InChI is InChI=1S/C17H15N3O2.C9H5ClN2O2.C8H11N/c1-12(13-7-3-2-4-8-13)19-17-14-9-5-6-10-15(14)18-11-16(17)20(21)22;10-9-6-3-1-2-4-7(6)11-5-8(9)12(13)14;1-7(9)8-5-3-2-4-6-8/h2-12H,1H3,(H,18,19);1-5H;2-7H,9H2,1H3. The Hall–Kier alpha value is -5.45. The van der Waals surface area contributed by atoms with Crippen LogP contribution in [-0.2, 0) is 0 Å². The lowest BCUT2D eigenvalue weighted by atomic mass is 10.1. The summed E-state index contributed by atoms with van der Waals surface area (Å²) in [6.07, 6.45) is 2.48. The lowest BCUT2D eigenvalue weighted by Crippen LogP contribution is -2.09. The molecule has 0 aliphatic heterocycles. The monoisotopic (exact) mass is 622 g/mol. The van der Waals surface area contributed by atoms with Gasteiger partial charge in [-0.1, -0.05) is 109 Å². The Labute approximate surface area is 264 Å². The molecule has 45 heavy (non-hydrogen) atoms. The van der Waals surface area contributed by atoms with E-state index in [-0.39, 0.29) is 28.5 Å². The molecule has 0 saturated carbocycles. The molecule has 0 bridgehead atoms. The van der Waals surface area contributed by atoms with E-state index >= 15 is 0 Å². The zero-order chi connectivity index (χ0) is 32.3. The van der Waals surface area contributed by atoms with Crippen molar-refractivity contribution >= 4 is 50.5 Å². The van der Waals surface area contributed by atoms with Gasteiger partial charge in [-0.3, -0.25) is 20.2 Å². The molecular weight excluding hydrogens is 592 g/mol. The zero-order valence-electron chi connectivity index (χ0n) is 24.6. The summed E-state index contributed by atoms with van der Waals surface area (Å²) >= 11 is 5.85. The summed E-state index contributed by atoms with van der Waals surface area (Å²) in [7, 11) is 0. The van der Waals surface area contributed by atoms with Gasteiger partial charge in [-0.25, -0.2) is 9.97 Å². The summed E-state index contributed by atoms with van der Waals surface area (Å²) in [5, 5.41) is 26.6. The first kappa shape index (κ1) is 32.5. The van der Waals surface area contributed by atoms with Crippen molar-refractivity contribution in [3.8, 4) is 0 Å². The summed E-state index contributed by atoms with van der Waals surface area (Å²) in [4.78, 5) is 29.0. The predicted molar refractivity (Wildman–Crippen MR) is 179 cm³/mol. The molecule has 0 saturated heterocycles. The van der Waals surface area contributed by atoms with E-state index in [2.05, 4.69) is 15.3 Å². The summed E-state index contributed by atoms with van der Waals surface area (Å²) in [6.45, 7) is 3.96. The first-order valence-corrected chi connectivity index (χ1v) is 14.4. The highest BCUT2D eigenvalue weighted by molar-refractivity contribution is 6.37. The number of halogens is 1. The molecule has 0 spiro atoms. The third-order valence-corrected chi connectivity index (χ3v) is 7.22. The van der Waals surface area contributed by atoms with Crippen molar-refractivity contribution in [2.24, 2.45) is 5.73 Å². The van der Waals surface area contributed by atoms with E-state index in [1.807, 2.05) is 98.8 Å². The third kappa shape index (κ3) is 8.35. The van der Waals surface area contributed by atoms with Crippen molar-refractivity contribution in [1.29, 1.82) is 0 Å². The molecule has 4 aromatic carbocycles. The van der Waals surface area contributed by atoms with Crippen LogP contribution in [0.1, 0.15) is 37.1 Å². The number of nitrogens with zero attached hydrogens (tertiary/aromatic N) is 4. The van der Waals surface area contributed by atoms with Crippen LogP contribution in [0, 0.1) is 20.2 Å². The quantitative estimate of drug-likeness (QED) is 0.138. The van der Waals surface area contributed by atoms with Crippen LogP contribution in [0.5, 0.6) is 0 Å². The molecule has 0 aliphatic carbocycles. The van der Waals surface area contributed by atoms with Gasteiger partial charge >= 0.3 is 11.4 Å². The van der Waals surface area contributed by atoms with Crippen LogP contribution in [0.2, 0.25) is 5.02 Å². The molecule has 6 aromatic rings. The van der Waals surface area contributed by atoms with Crippen molar-refractivity contribution in [2.75, 3.05) is 5.32 Å². The molecule has 11 heteroatoms. The van der Waals surface area contributed by atoms with Gasteiger partial charge in [0.25, 0.3) is 0 Å². The minimum atomic E-state index is -0.540. The first-order chi connectivity index (χ1) is 21.7. The molecule has 0 fully saturated rings. The summed E-state index contributed by atoms with van der Waals surface area (Å²) in [5.41, 5.74) is 9.59. The Morgan fingerprint density at radius 1 is 0.667 bits per heavy atom. The fourth-order valence-electron chi connectivity index (χ4n) is 4.44. The van der Waals surface area contributed by atoms with Crippen LogP contribution in [0.3, 0.4) is 0 Å². The molecule has 0 amide bonds. The highest BCUT2D eigenvalue weighted by atomic mass is 35.5. The molecule has 2 aromatic heterocycles. The van der Waals surface area contributed by atoms with Crippen molar-refractivity contribution in [1.82, 2.24) is 9.97 Å². The Morgan fingerprint density at radius 3 is 1.62 bits per heavy atom. The third-order valence-electron chi connectivity index (χ3n) is 6.83. The number of nitrogens with one attached hydrogen (secondary N) is 1. The van der Waals surface area contributed by atoms with Crippen LogP contribution in [0.25, 0.3) is 21.8 Å². The van der Waals surface area contributed by atoms with Crippen molar-refractivity contribution in [3.05, 3.63) is 158 Å². The average Bonchev–Trinajstić information content (AvgIpc) is 3.06. The van der Waals surface area contributed by atoms with Crippen LogP contribution in [0.4, 0.5) is 17.1 Å². The minimum absolute atomic E-state index is 0.0125. The van der Waals surface area contributed by atoms with Gasteiger partial charge in [0, 0.05) is 22.9 Å². The number of aromatic nitrogens is 2. The number of para-hydroxylation sites is 2. The summed E-state index contributed by atoms with van der Waals surface area (Å²) in [6, 6.07) is 34.4. The van der Waals surface area contributed by atoms with Gasteiger partial charge in [-0.2, -0.15) is 0 Å². The molecule has 0 radical (unpaired) electrons. The molecule has 2 heterocycles. The normalized spacial score (nSPS) is 11.7.